The third kappa shape index (κ3) is 3.26. The Bertz CT molecular complexity index is 539. The first kappa shape index (κ1) is 14.3. The van der Waals surface area contributed by atoms with Crippen LogP contribution >= 0.6 is 0 Å². The third-order valence-corrected chi connectivity index (χ3v) is 3.30. The van der Waals surface area contributed by atoms with Crippen molar-refractivity contribution in [1.29, 1.82) is 0 Å². The predicted octanol–water partition coefficient (Wildman–Crippen LogP) is 1.89. The van der Waals surface area contributed by atoms with Crippen molar-refractivity contribution in [3.05, 3.63) is 35.7 Å². The summed E-state index contributed by atoms with van der Waals surface area (Å²) in [7, 11) is 1.84. The second-order valence-corrected chi connectivity index (χ2v) is 4.91. The standard InChI is InChI=1S/C14H21N5O/c1-4-5-8-19(10-13-15-6-7-16-13)14(20)12-9-11(2)18(3)17-12/h6-7,9H,4-5,8,10H2,1-3H3,(H,15,16). The molecule has 2 rings (SSSR count). The van der Waals surface area contributed by atoms with E-state index in [1.807, 2.05) is 20.0 Å². The number of aromatic amines is 1. The Labute approximate surface area is 118 Å². The van der Waals surface area contributed by atoms with Gasteiger partial charge in [-0.15, -0.1) is 0 Å². The fourth-order valence-electron chi connectivity index (χ4n) is 1.99. The number of nitrogens with one attached hydrogen (secondary N) is 1. The average Bonchev–Trinajstić information content (AvgIpc) is 3.05. The average molecular weight is 275 g/mol. The van der Waals surface area contributed by atoms with E-state index in [1.165, 1.54) is 0 Å². The number of aryl methyl sites for hydroxylation is 2. The zero-order chi connectivity index (χ0) is 14.5. The lowest BCUT2D eigenvalue weighted by Gasteiger charge is -2.20. The van der Waals surface area contributed by atoms with Crippen molar-refractivity contribution >= 4 is 5.91 Å². The Kier molecular flexibility index (Phi) is 4.55. The molecule has 0 saturated heterocycles. The van der Waals surface area contributed by atoms with Crippen molar-refractivity contribution in [2.75, 3.05) is 6.54 Å². The summed E-state index contributed by atoms with van der Waals surface area (Å²) in [4.78, 5) is 21.6. The summed E-state index contributed by atoms with van der Waals surface area (Å²) in [5.41, 5.74) is 1.47. The largest absolute Gasteiger partial charge is 0.347 e. The highest BCUT2D eigenvalue weighted by molar-refractivity contribution is 5.92. The lowest BCUT2D eigenvalue weighted by Crippen LogP contribution is -2.32. The van der Waals surface area contributed by atoms with Gasteiger partial charge in [0.25, 0.3) is 5.91 Å². The van der Waals surface area contributed by atoms with Crippen LogP contribution in [-0.2, 0) is 13.6 Å². The topological polar surface area (TPSA) is 66.8 Å². The molecule has 6 nitrogen and oxygen atoms in total. The molecule has 0 radical (unpaired) electrons. The van der Waals surface area contributed by atoms with Gasteiger partial charge in [-0.1, -0.05) is 13.3 Å². The third-order valence-electron chi connectivity index (χ3n) is 3.30. The fraction of sp³-hybridized carbons (Fsp3) is 0.500. The van der Waals surface area contributed by atoms with Gasteiger partial charge in [0, 0.05) is 31.7 Å². The molecule has 108 valence electrons. The Morgan fingerprint density at radius 1 is 1.50 bits per heavy atom. The second kappa shape index (κ2) is 6.36. The van der Waals surface area contributed by atoms with E-state index in [4.69, 9.17) is 0 Å². The summed E-state index contributed by atoms with van der Waals surface area (Å²) in [5.74, 6) is 0.751. The predicted molar refractivity (Wildman–Crippen MR) is 76.2 cm³/mol. The first-order valence-corrected chi connectivity index (χ1v) is 6.90. The van der Waals surface area contributed by atoms with E-state index in [0.717, 1.165) is 24.4 Å². The molecule has 0 unspecified atom stereocenters. The highest BCUT2D eigenvalue weighted by Gasteiger charge is 2.19. The zero-order valence-electron chi connectivity index (χ0n) is 12.3. The van der Waals surface area contributed by atoms with E-state index in [9.17, 15) is 4.79 Å². The number of hydrogen-bond donors (Lipinski definition) is 1. The number of amides is 1. The monoisotopic (exact) mass is 275 g/mol. The van der Waals surface area contributed by atoms with Crippen LogP contribution in [0.1, 0.15) is 41.8 Å². The van der Waals surface area contributed by atoms with Crippen molar-refractivity contribution in [2.45, 2.75) is 33.2 Å². The molecule has 0 spiro atoms. The zero-order valence-corrected chi connectivity index (χ0v) is 12.3. The molecule has 2 aromatic rings. The number of carbonyl (C=O) groups is 1. The lowest BCUT2D eigenvalue weighted by molar-refractivity contribution is 0.0730. The van der Waals surface area contributed by atoms with Crippen LogP contribution in [0.15, 0.2) is 18.5 Å². The van der Waals surface area contributed by atoms with Crippen LogP contribution in [0.25, 0.3) is 0 Å². The molecule has 2 heterocycles. The first-order chi connectivity index (χ1) is 9.61. The number of rotatable bonds is 6. The minimum absolute atomic E-state index is 0.0430. The minimum atomic E-state index is -0.0430. The fourth-order valence-corrected chi connectivity index (χ4v) is 1.99. The SMILES string of the molecule is CCCCN(Cc1ncc[nH]1)C(=O)c1cc(C)n(C)n1. The highest BCUT2D eigenvalue weighted by Crippen LogP contribution is 2.09. The number of carbonyl (C=O) groups excluding carboxylic acids is 1. The van der Waals surface area contributed by atoms with Gasteiger partial charge in [0.05, 0.1) is 6.54 Å². The minimum Gasteiger partial charge on any atom is -0.347 e. The Morgan fingerprint density at radius 3 is 2.85 bits per heavy atom. The lowest BCUT2D eigenvalue weighted by atomic mass is 10.2. The number of aromatic nitrogens is 4. The molecule has 20 heavy (non-hydrogen) atoms. The van der Waals surface area contributed by atoms with Crippen LogP contribution in [-0.4, -0.2) is 37.1 Å². The van der Waals surface area contributed by atoms with E-state index in [-0.39, 0.29) is 5.91 Å². The van der Waals surface area contributed by atoms with Crippen molar-refractivity contribution in [1.82, 2.24) is 24.6 Å². The Balaban J connectivity index is 2.14. The molecule has 2 aromatic heterocycles. The van der Waals surface area contributed by atoms with Gasteiger partial charge in [-0.3, -0.25) is 9.48 Å². The van der Waals surface area contributed by atoms with E-state index < -0.39 is 0 Å². The maximum Gasteiger partial charge on any atom is 0.274 e. The smallest absolute Gasteiger partial charge is 0.274 e. The van der Waals surface area contributed by atoms with Gasteiger partial charge < -0.3 is 9.88 Å². The van der Waals surface area contributed by atoms with Crippen LogP contribution in [0.5, 0.6) is 0 Å². The molecule has 0 saturated carbocycles. The van der Waals surface area contributed by atoms with Crippen molar-refractivity contribution in [2.24, 2.45) is 7.05 Å². The number of imidazole rings is 1. The molecule has 0 bridgehead atoms. The molecular weight excluding hydrogens is 254 g/mol. The van der Waals surface area contributed by atoms with Gasteiger partial charge in [0.2, 0.25) is 0 Å². The van der Waals surface area contributed by atoms with Crippen molar-refractivity contribution in [3.8, 4) is 0 Å². The van der Waals surface area contributed by atoms with Crippen LogP contribution in [0.3, 0.4) is 0 Å². The van der Waals surface area contributed by atoms with Gasteiger partial charge >= 0.3 is 0 Å². The second-order valence-electron chi connectivity index (χ2n) is 4.91. The number of unbranched alkanes of at least 4 members (excludes halogenated alkanes) is 1. The highest BCUT2D eigenvalue weighted by atomic mass is 16.2. The number of H-pyrrole nitrogens is 1. The van der Waals surface area contributed by atoms with Gasteiger partial charge in [-0.2, -0.15) is 5.10 Å². The van der Waals surface area contributed by atoms with E-state index in [2.05, 4.69) is 22.0 Å². The summed E-state index contributed by atoms with van der Waals surface area (Å²) in [6.45, 7) is 5.25. The molecule has 1 amide bonds. The molecule has 6 heteroatoms. The molecule has 0 aliphatic carbocycles. The van der Waals surface area contributed by atoms with Crippen LogP contribution in [0.4, 0.5) is 0 Å². The maximum absolute atomic E-state index is 12.6. The first-order valence-electron chi connectivity index (χ1n) is 6.90. The van der Waals surface area contributed by atoms with Crippen LogP contribution in [0, 0.1) is 6.92 Å². The van der Waals surface area contributed by atoms with Crippen LogP contribution < -0.4 is 0 Å². The number of nitrogens with zero attached hydrogens (tertiary/aromatic N) is 4. The van der Waals surface area contributed by atoms with E-state index in [0.29, 0.717) is 18.8 Å². The number of hydrogen-bond acceptors (Lipinski definition) is 3. The molecular formula is C14H21N5O. The molecule has 1 N–H and O–H groups in total. The summed E-state index contributed by atoms with van der Waals surface area (Å²) in [5, 5.41) is 4.26. The molecule has 0 aliphatic heterocycles. The Morgan fingerprint density at radius 2 is 2.30 bits per heavy atom. The Hall–Kier alpha value is -2.11. The van der Waals surface area contributed by atoms with Crippen molar-refractivity contribution in [3.63, 3.8) is 0 Å². The normalized spacial score (nSPS) is 10.8. The molecule has 0 aliphatic rings. The summed E-state index contributed by atoms with van der Waals surface area (Å²) >= 11 is 0. The quantitative estimate of drug-likeness (QED) is 0.875. The summed E-state index contributed by atoms with van der Waals surface area (Å²) < 4.78 is 1.72. The summed E-state index contributed by atoms with van der Waals surface area (Å²) in [6.07, 6.45) is 5.48. The molecule has 0 fully saturated rings. The van der Waals surface area contributed by atoms with Crippen LogP contribution in [0.2, 0.25) is 0 Å². The van der Waals surface area contributed by atoms with Gasteiger partial charge in [0.15, 0.2) is 5.69 Å². The van der Waals surface area contributed by atoms with E-state index in [1.54, 1.807) is 22.0 Å². The molecule has 0 aromatic carbocycles. The molecule has 0 atom stereocenters. The maximum atomic E-state index is 12.6. The summed E-state index contributed by atoms with van der Waals surface area (Å²) in [6, 6.07) is 1.82. The van der Waals surface area contributed by atoms with Gasteiger partial charge in [-0.05, 0) is 19.4 Å². The van der Waals surface area contributed by atoms with Gasteiger partial charge in [-0.25, -0.2) is 4.98 Å². The van der Waals surface area contributed by atoms with E-state index >= 15 is 0 Å². The van der Waals surface area contributed by atoms with Gasteiger partial charge in [0.1, 0.15) is 5.82 Å². The van der Waals surface area contributed by atoms with Crippen molar-refractivity contribution < 1.29 is 4.79 Å².